The second kappa shape index (κ2) is 8.74. The molecule has 1 aromatic heterocycles. The van der Waals surface area contributed by atoms with Crippen molar-refractivity contribution in [3.8, 4) is 17.1 Å². The first-order valence-electron chi connectivity index (χ1n) is 11.0. The lowest BCUT2D eigenvalue weighted by molar-refractivity contribution is -0.142. The van der Waals surface area contributed by atoms with E-state index in [0.717, 1.165) is 16.7 Å². The van der Waals surface area contributed by atoms with Gasteiger partial charge in [0.15, 0.2) is 5.82 Å². The maximum atomic E-state index is 12.7. The lowest BCUT2D eigenvalue weighted by Crippen LogP contribution is -2.52. The minimum Gasteiger partial charge on any atom is -0.507 e. The van der Waals surface area contributed by atoms with Crippen LogP contribution in [0, 0.1) is 5.41 Å². The fraction of sp³-hybridized carbons (Fsp3) is 0.400. The number of carbonyl (C=O) groups excluding carboxylic acids is 1. The molecule has 0 unspecified atom stereocenters. The first-order valence-corrected chi connectivity index (χ1v) is 11.0. The standard InChI is InChI=1S/C25H30N4O3.H2/c1-25(2,3)16-21(31)24(32)29-14-12-28(13-15-29)23-17-8-4-6-10-19(17)26-22(27-23)18-9-5-7-11-20(18)30;/h4-11,21,30-31H,12-16H2,1-3H3;1H/t21-;/m1./s1. The zero-order chi connectivity index (χ0) is 22.9. The lowest BCUT2D eigenvalue weighted by atomic mass is 9.89. The van der Waals surface area contributed by atoms with E-state index in [2.05, 4.69) is 9.88 Å². The predicted molar refractivity (Wildman–Crippen MR) is 128 cm³/mol. The van der Waals surface area contributed by atoms with Crippen LogP contribution >= 0.6 is 0 Å². The Balaban J connectivity index is 0.00000306. The molecule has 0 aliphatic carbocycles. The molecule has 3 aromatic rings. The number of piperazine rings is 1. The van der Waals surface area contributed by atoms with E-state index in [1.165, 1.54) is 0 Å². The summed E-state index contributed by atoms with van der Waals surface area (Å²) in [5, 5.41) is 21.6. The van der Waals surface area contributed by atoms with Crippen LogP contribution in [0.25, 0.3) is 22.3 Å². The Hall–Kier alpha value is -3.19. The third-order valence-electron chi connectivity index (χ3n) is 5.71. The monoisotopic (exact) mass is 436 g/mol. The van der Waals surface area contributed by atoms with Crippen LogP contribution in [-0.2, 0) is 4.79 Å². The van der Waals surface area contributed by atoms with Gasteiger partial charge in [0.05, 0.1) is 11.1 Å². The minimum absolute atomic E-state index is 0. The number of hydrogen-bond donors (Lipinski definition) is 2. The van der Waals surface area contributed by atoms with Crippen molar-refractivity contribution in [2.45, 2.75) is 33.3 Å². The SMILES string of the molecule is CC(C)(C)C[C@@H](O)C(=O)N1CCN(c2nc(-c3ccccc3O)nc3ccccc23)CC1.[HH]. The van der Waals surface area contributed by atoms with Crippen molar-refractivity contribution in [1.82, 2.24) is 14.9 Å². The molecule has 2 N–H and O–H groups in total. The summed E-state index contributed by atoms with van der Waals surface area (Å²) in [4.78, 5) is 26.1. The molecule has 2 heterocycles. The van der Waals surface area contributed by atoms with Gasteiger partial charge in [-0.15, -0.1) is 0 Å². The van der Waals surface area contributed by atoms with E-state index in [9.17, 15) is 15.0 Å². The highest BCUT2D eigenvalue weighted by molar-refractivity contribution is 5.91. The summed E-state index contributed by atoms with van der Waals surface area (Å²) >= 11 is 0. The Kier molecular flexibility index (Phi) is 6.02. The number of hydrogen-bond acceptors (Lipinski definition) is 6. The highest BCUT2D eigenvalue weighted by atomic mass is 16.3. The maximum Gasteiger partial charge on any atom is 0.251 e. The molecular formula is C25H32N4O3. The Bertz CT molecular complexity index is 1120. The van der Waals surface area contributed by atoms with E-state index in [1.807, 2.05) is 51.1 Å². The first kappa shape index (κ1) is 22.0. The van der Waals surface area contributed by atoms with Gasteiger partial charge in [0.2, 0.25) is 0 Å². The van der Waals surface area contributed by atoms with Crippen molar-refractivity contribution >= 4 is 22.6 Å². The van der Waals surface area contributed by atoms with Crippen LogP contribution < -0.4 is 4.90 Å². The number of aromatic nitrogens is 2. The molecule has 0 saturated carbocycles. The lowest BCUT2D eigenvalue weighted by Gasteiger charge is -2.37. The zero-order valence-electron chi connectivity index (χ0n) is 18.8. The number of aromatic hydroxyl groups is 1. The quantitative estimate of drug-likeness (QED) is 0.648. The van der Waals surface area contributed by atoms with Gasteiger partial charge >= 0.3 is 0 Å². The normalized spacial score (nSPS) is 15.8. The van der Waals surface area contributed by atoms with Crippen molar-refractivity contribution in [2.24, 2.45) is 5.41 Å². The van der Waals surface area contributed by atoms with E-state index < -0.39 is 6.10 Å². The van der Waals surface area contributed by atoms with Crippen LogP contribution in [0.3, 0.4) is 0 Å². The number of phenols is 1. The molecule has 1 fully saturated rings. The average molecular weight is 437 g/mol. The minimum atomic E-state index is -0.978. The second-order valence-electron chi connectivity index (χ2n) is 9.50. The molecule has 1 aliphatic rings. The second-order valence-corrected chi connectivity index (χ2v) is 9.50. The molecule has 170 valence electrons. The van der Waals surface area contributed by atoms with Gasteiger partial charge in [0, 0.05) is 33.0 Å². The Morgan fingerprint density at radius 2 is 1.69 bits per heavy atom. The number of rotatable bonds is 4. The number of para-hydroxylation sites is 2. The number of fused-ring (bicyclic) bond motifs is 1. The fourth-order valence-corrected chi connectivity index (χ4v) is 4.10. The van der Waals surface area contributed by atoms with Gasteiger partial charge in [0.25, 0.3) is 5.91 Å². The number of anilines is 1. The largest absolute Gasteiger partial charge is 0.507 e. The molecule has 2 aromatic carbocycles. The van der Waals surface area contributed by atoms with Gasteiger partial charge in [-0.1, -0.05) is 45.0 Å². The fourth-order valence-electron chi connectivity index (χ4n) is 4.10. The van der Waals surface area contributed by atoms with Crippen molar-refractivity contribution < 1.29 is 16.4 Å². The number of amides is 1. The van der Waals surface area contributed by atoms with E-state index >= 15 is 0 Å². The molecule has 4 rings (SSSR count). The van der Waals surface area contributed by atoms with Crippen LogP contribution in [0.5, 0.6) is 5.75 Å². The number of nitrogens with zero attached hydrogens (tertiary/aromatic N) is 4. The highest BCUT2D eigenvalue weighted by Crippen LogP contribution is 2.32. The predicted octanol–water partition coefficient (Wildman–Crippen LogP) is 3.69. The summed E-state index contributed by atoms with van der Waals surface area (Å²) in [5.41, 5.74) is 1.27. The third-order valence-corrected chi connectivity index (χ3v) is 5.71. The summed E-state index contributed by atoms with van der Waals surface area (Å²) in [6, 6.07) is 14.9. The van der Waals surface area contributed by atoms with E-state index in [0.29, 0.717) is 44.0 Å². The van der Waals surface area contributed by atoms with Crippen molar-refractivity contribution in [1.29, 1.82) is 0 Å². The Morgan fingerprint density at radius 1 is 1.03 bits per heavy atom. The molecular weight excluding hydrogens is 404 g/mol. The van der Waals surface area contributed by atoms with E-state index in [-0.39, 0.29) is 18.5 Å². The molecule has 32 heavy (non-hydrogen) atoms. The van der Waals surface area contributed by atoms with Gasteiger partial charge in [-0.3, -0.25) is 4.79 Å². The van der Waals surface area contributed by atoms with Crippen LogP contribution in [0.1, 0.15) is 28.6 Å². The van der Waals surface area contributed by atoms with Gasteiger partial charge in [0.1, 0.15) is 17.7 Å². The van der Waals surface area contributed by atoms with Crippen molar-refractivity contribution in [3.63, 3.8) is 0 Å². The molecule has 1 atom stereocenters. The number of aliphatic hydroxyl groups excluding tert-OH is 1. The molecule has 7 heteroatoms. The molecule has 7 nitrogen and oxygen atoms in total. The first-order chi connectivity index (χ1) is 15.2. The van der Waals surface area contributed by atoms with Crippen molar-refractivity contribution in [2.75, 3.05) is 31.1 Å². The topological polar surface area (TPSA) is 89.8 Å². The molecule has 1 amide bonds. The van der Waals surface area contributed by atoms with Crippen LogP contribution in [0.15, 0.2) is 48.5 Å². The maximum absolute atomic E-state index is 12.7. The molecule has 1 aliphatic heterocycles. The zero-order valence-corrected chi connectivity index (χ0v) is 18.8. The third kappa shape index (κ3) is 4.67. The summed E-state index contributed by atoms with van der Waals surface area (Å²) in [7, 11) is 0. The van der Waals surface area contributed by atoms with Crippen LogP contribution in [0.2, 0.25) is 0 Å². The molecule has 1 saturated heterocycles. The van der Waals surface area contributed by atoms with Gasteiger partial charge < -0.3 is 20.0 Å². The van der Waals surface area contributed by atoms with Crippen LogP contribution in [-0.4, -0.2) is 63.3 Å². The van der Waals surface area contributed by atoms with Crippen molar-refractivity contribution in [3.05, 3.63) is 48.5 Å². The Morgan fingerprint density at radius 3 is 2.38 bits per heavy atom. The van der Waals surface area contributed by atoms with Gasteiger partial charge in [-0.2, -0.15) is 0 Å². The summed E-state index contributed by atoms with van der Waals surface area (Å²) in [6.07, 6.45) is -0.541. The average Bonchev–Trinajstić information content (AvgIpc) is 2.77. The smallest absolute Gasteiger partial charge is 0.251 e. The number of carbonyl (C=O) groups is 1. The molecule has 0 radical (unpaired) electrons. The number of phenolic OH excluding ortho intramolecular Hbond substituents is 1. The molecule has 0 spiro atoms. The molecule has 0 bridgehead atoms. The van der Waals surface area contributed by atoms with Gasteiger partial charge in [-0.25, -0.2) is 9.97 Å². The summed E-state index contributed by atoms with van der Waals surface area (Å²) < 4.78 is 0. The summed E-state index contributed by atoms with van der Waals surface area (Å²) in [6.45, 7) is 8.30. The Labute approximate surface area is 189 Å². The van der Waals surface area contributed by atoms with Crippen LogP contribution in [0.4, 0.5) is 5.82 Å². The summed E-state index contributed by atoms with van der Waals surface area (Å²) in [5.74, 6) is 1.19. The van der Waals surface area contributed by atoms with E-state index in [1.54, 1.807) is 23.1 Å². The highest BCUT2D eigenvalue weighted by Gasteiger charge is 2.30. The number of aliphatic hydroxyl groups is 1. The van der Waals surface area contributed by atoms with Gasteiger partial charge in [-0.05, 0) is 36.1 Å². The van der Waals surface area contributed by atoms with E-state index in [4.69, 9.17) is 4.98 Å². The number of benzene rings is 2.